The first-order chi connectivity index (χ1) is 12.0. The van der Waals surface area contributed by atoms with E-state index >= 15 is 0 Å². The fourth-order valence-electron chi connectivity index (χ4n) is 2.28. The first kappa shape index (κ1) is 16.9. The smallest absolute Gasteiger partial charge is 0.276 e. The van der Waals surface area contributed by atoms with Crippen molar-refractivity contribution in [2.45, 2.75) is 0 Å². The molecular formula is C17H13F2N4OP. The van der Waals surface area contributed by atoms with Crippen molar-refractivity contribution in [1.82, 2.24) is 9.97 Å². The van der Waals surface area contributed by atoms with E-state index in [1.165, 1.54) is 18.3 Å². The highest BCUT2D eigenvalue weighted by Crippen LogP contribution is 2.26. The SMILES string of the molecule is Nc1cc(F)c(-c2c(F)cccc2P)nc1C(=O)Nc1cccnc1. The van der Waals surface area contributed by atoms with Gasteiger partial charge in [-0.15, -0.1) is 9.24 Å². The van der Waals surface area contributed by atoms with Crippen LogP contribution in [0.3, 0.4) is 0 Å². The van der Waals surface area contributed by atoms with Crippen LogP contribution in [0.1, 0.15) is 10.5 Å². The largest absolute Gasteiger partial charge is 0.397 e. The van der Waals surface area contributed by atoms with E-state index in [2.05, 4.69) is 24.5 Å². The van der Waals surface area contributed by atoms with Crippen molar-refractivity contribution in [3.05, 3.63) is 66.1 Å². The van der Waals surface area contributed by atoms with Crippen LogP contribution >= 0.6 is 9.24 Å². The molecule has 25 heavy (non-hydrogen) atoms. The van der Waals surface area contributed by atoms with Crippen molar-refractivity contribution in [3.63, 3.8) is 0 Å². The Morgan fingerprint density at radius 2 is 1.96 bits per heavy atom. The van der Waals surface area contributed by atoms with Crippen molar-refractivity contribution in [3.8, 4) is 11.3 Å². The van der Waals surface area contributed by atoms with Crippen LogP contribution in [-0.2, 0) is 0 Å². The number of amides is 1. The van der Waals surface area contributed by atoms with Crippen LogP contribution < -0.4 is 16.4 Å². The molecule has 0 radical (unpaired) electrons. The molecule has 0 fully saturated rings. The van der Waals surface area contributed by atoms with Gasteiger partial charge < -0.3 is 11.1 Å². The summed E-state index contributed by atoms with van der Waals surface area (Å²) in [5, 5.41) is 2.97. The molecule has 0 spiro atoms. The van der Waals surface area contributed by atoms with Crippen molar-refractivity contribution in [2.75, 3.05) is 11.1 Å². The first-order valence-electron chi connectivity index (χ1n) is 7.19. The molecule has 3 aromatic rings. The minimum Gasteiger partial charge on any atom is -0.397 e. The minimum absolute atomic E-state index is 0.0413. The summed E-state index contributed by atoms with van der Waals surface area (Å²) in [6.07, 6.45) is 2.99. The molecule has 2 heterocycles. The Kier molecular flexibility index (Phi) is 4.67. The van der Waals surface area contributed by atoms with Gasteiger partial charge in [0.25, 0.3) is 5.91 Å². The van der Waals surface area contributed by atoms with Crippen LogP contribution in [0.25, 0.3) is 11.3 Å². The summed E-state index contributed by atoms with van der Waals surface area (Å²) in [6.45, 7) is 0. The lowest BCUT2D eigenvalue weighted by molar-refractivity contribution is 0.102. The van der Waals surface area contributed by atoms with Gasteiger partial charge in [-0.2, -0.15) is 0 Å². The number of anilines is 2. The average Bonchev–Trinajstić information content (AvgIpc) is 2.57. The summed E-state index contributed by atoms with van der Waals surface area (Å²) in [7, 11) is 2.31. The lowest BCUT2D eigenvalue weighted by atomic mass is 10.1. The second kappa shape index (κ2) is 6.91. The molecule has 1 aromatic carbocycles. The molecule has 3 N–H and O–H groups in total. The Balaban J connectivity index is 2.06. The van der Waals surface area contributed by atoms with E-state index in [-0.39, 0.29) is 22.6 Å². The van der Waals surface area contributed by atoms with Gasteiger partial charge in [0.05, 0.1) is 17.6 Å². The minimum atomic E-state index is -0.816. The summed E-state index contributed by atoms with van der Waals surface area (Å²) in [4.78, 5) is 20.2. The third-order valence-corrected chi connectivity index (χ3v) is 3.90. The highest BCUT2D eigenvalue weighted by atomic mass is 31.0. The van der Waals surface area contributed by atoms with Crippen LogP contribution in [0.4, 0.5) is 20.2 Å². The Bertz CT molecular complexity index is 931. The van der Waals surface area contributed by atoms with Gasteiger partial charge in [0.2, 0.25) is 0 Å². The summed E-state index contributed by atoms with van der Waals surface area (Å²) < 4.78 is 28.4. The van der Waals surface area contributed by atoms with Crippen LogP contribution in [0.15, 0.2) is 48.8 Å². The molecule has 8 heteroatoms. The fourth-order valence-corrected chi connectivity index (χ4v) is 2.66. The Morgan fingerprint density at radius 1 is 1.16 bits per heavy atom. The summed E-state index contributed by atoms with van der Waals surface area (Å²) in [6, 6.07) is 8.50. The van der Waals surface area contributed by atoms with Gasteiger partial charge in [-0.3, -0.25) is 9.78 Å². The monoisotopic (exact) mass is 358 g/mol. The van der Waals surface area contributed by atoms with E-state index in [4.69, 9.17) is 5.73 Å². The number of halogens is 2. The van der Waals surface area contributed by atoms with Gasteiger partial charge >= 0.3 is 0 Å². The second-order valence-corrected chi connectivity index (χ2v) is 5.78. The molecule has 5 nitrogen and oxygen atoms in total. The van der Waals surface area contributed by atoms with Crippen LogP contribution in [0.2, 0.25) is 0 Å². The molecule has 2 aromatic heterocycles. The molecule has 0 aliphatic rings. The maximum atomic E-state index is 14.3. The summed E-state index contributed by atoms with van der Waals surface area (Å²) >= 11 is 0. The second-order valence-electron chi connectivity index (χ2n) is 5.16. The third-order valence-electron chi connectivity index (χ3n) is 3.42. The number of hydrogen-bond donors (Lipinski definition) is 2. The number of nitrogens with zero attached hydrogens (tertiary/aromatic N) is 2. The number of nitrogens with one attached hydrogen (secondary N) is 1. The standard InChI is InChI=1S/C17H13F2N4OP/c18-10-4-1-5-13(25)14(10)15-11(19)7-12(20)16(23-15)17(24)22-9-3-2-6-21-8-9/h1-8H,20,25H2,(H,22,24). The lowest BCUT2D eigenvalue weighted by Gasteiger charge is -2.12. The number of nitrogens with two attached hydrogens (primary N) is 1. The molecule has 0 saturated heterocycles. The molecule has 1 atom stereocenters. The number of aromatic nitrogens is 2. The Labute approximate surface area is 144 Å². The van der Waals surface area contributed by atoms with Gasteiger partial charge in [-0.1, -0.05) is 12.1 Å². The predicted octanol–water partition coefficient (Wildman–Crippen LogP) is 2.76. The molecule has 1 unspecified atom stereocenters. The van der Waals surface area contributed by atoms with Crippen molar-refractivity contribution >= 4 is 31.8 Å². The molecule has 1 amide bonds. The van der Waals surface area contributed by atoms with Gasteiger partial charge in [0.15, 0.2) is 11.5 Å². The molecule has 0 aliphatic heterocycles. The van der Waals surface area contributed by atoms with E-state index in [0.29, 0.717) is 11.0 Å². The van der Waals surface area contributed by atoms with Crippen LogP contribution in [0, 0.1) is 11.6 Å². The van der Waals surface area contributed by atoms with E-state index < -0.39 is 17.5 Å². The molecular weight excluding hydrogens is 345 g/mol. The lowest BCUT2D eigenvalue weighted by Crippen LogP contribution is -2.18. The maximum absolute atomic E-state index is 14.3. The molecule has 0 aliphatic carbocycles. The normalized spacial score (nSPS) is 10.5. The number of benzene rings is 1. The van der Waals surface area contributed by atoms with E-state index in [1.54, 1.807) is 24.4 Å². The van der Waals surface area contributed by atoms with Gasteiger partial charge in [0.1, 0.15) is 11.5 Å². The van der Waals surface area contributed by atoms with Gasteiger partial charge in [-0.25, -0.2) is 13.8 Å². The number of hydrogen-bond acceptors (Lipinski definition) is 4. The number of carbonyl (C=O) groups excluding carboxylic acids is 1. The number of carbonyl (C=O) groups is 1. The molecule has 3 rings (SSSR count). The van der Waals surface area contributed by atoms with Crippen molar-refractivity contribution in [1.29, 1.82) is 0 Å². The Morgan fingerprint density at radius 3 is 2.64 bits per heavy atom. The zero-order valence-corrected chi connectivity index (χ0v) is 14.0. The zero-order chi connectivity index (χ0) is 18.0. The van der Waals surface area contributed by atoms with E-state index in [9.17, 15) is 13.6 Å². The van der Waals surface area contributed by atoms with Crippen LogP contribution in [-0.4, -0.2) is 15.9 Å². The molecule has 126 valence electrons. The Hall–Kier alpha value is -2.92. The van der Waals surface area contributed by atoms with E-state index in [1.807, 2.05) is 0 Å². The average molecular weight is 358 g/mol. The molecule has 0 saturated carbocycles. The van der Waals surface area contributed by atoms with Gasteiger partial charge in [0, 0.05) is 17.8 Å². The maximum Gasteiger partial charge on any atom is 0.276 e. The summed E-state index contributed by atoms with van der Waals surface area (Å²) in [5.41, 5.74) is 5.47. The zero-order valence-electron chi connectivity index (χ0n) is 12.8. The van der Waals surface area contributed by atoms with Crippen LogP contribution in [0.5, 0.6) is 0 Å². The first-order valence-corrected chi connectivity index (χ1v) is 7.77. The highest BCUT2D eigenvalue weighted by molar-refractivity contribution is 7.28. The quantitative estimate of drug-likeness (QED) is 0.706. The number of nitrogen functional groups attached to an aromatic ring is 1. The van der Waals surface area contributed by atoms with Crippen molar-refractivity contribution in [2.24, 2.45) is 0 Å². The predicted molar refractivity (Wildman–Crippen MR) is 95.5 cm³/mol. The fraction of sp³-hybridized carbons (Fsp3) is 0. The topological polar surface area (TPSA) is 80.9 Å². The van der Waals surface area contributed by atoms with Crippen molar-refractivity contribution < 1.29 is 13.6 Å². The van der Waals surface area contributed by atoms with Gasteiger partial charge in [-0.05, 0) is 23.5 Å². The number of pyridine rings is 2. The molecule has 0 bridgehead atoms. The van der Waals surface area contributed by atoms with E-state index in [0.717, 1.165) is 6.07 Å². The number of rotatable bonds is 3. The third kappa shape index (κ3) is 3.46. The highest BCUT2D eigenvalue weighted by Gasteiger charge is 2.20. The summed E-state index contributed by atoms with van der Waals surface area (Å²) in [5.74, 6) is -2.11.